The number of carbonyl (C=O) groups is 2. The number of amides is 2. The number of pyridine rings is 1. The van der Waals surface area contributed by atoms with E-state index in [1.807, 2.05) is 36.5 Å². The molecule has 2 aromatic heterocycles. The Kier molecular flexibility index (Phi) is 6.32. The summed E-state index contributed by atoms with van der Waals surface area (Å²) in [7, 11) is 3.99. The molecule has 8 heteroatoms. The molecule has 178 valence electrons. The summed E-state index contributed by atoms with van der Waals surface area (Å²) in [6, 6.07) is 8.12. The lowest BCUT2D eigenvalue weighted by molar-refractivity contribution is -0.139. The lowest BCUT2D eigenvalue weighted by Gasteiger charge is -2.36. The average Bonchev–Trinajstić information content (AvgIpc) is 3.30. The van der Waals surface area contributed by atoms with Gasteiger partial charge in [0.25, 0.3) is 0 Å². The Morgan fingerprint density at radius 1 is 0.882 bits per heavy atom. The van der Waals surface area contributed by atoms with Gasteiger partial charge in [-0.3, -0.25) is 14.3 Å². The molecule has 0 bridgehead atoms. The first-order valence-electron chi connectivity index (χ1n) is 12.1. The van der Waals surface area contributed by atoms with E-state index in [1.165, 1.54) is 0 Å². The number of anilines is 1. The monoisotopic (exact) mass is 460 g/mol. The Morgan fingerprint density at radius 3 is 2.32 bits per heavy atom. The predicted octanol–water partition coefficient (Wildman–Crippen LogP) is 3.15. The second-order valence-corrected chi connectivity index (χ2v) is 9.70. The maximum Gasteiger partial charge on any atom is 0.228 e. The molecular formula is C26H32N6O2. The van der Waals surface area contributed by atoms with Crippen molar-refractivity contribution in [2.45, 2.75) is 25.7 Å². The van der Waals surface area contributed by atoms with E-state index in [4.69, 9.17) is 0 Å². The van der Waals surface area contributed by atoms with Crippen LogP contribution in [0.3, 0.4) is 0 Å². The molecule has 1 saturated carbocycles. The molecule has 3 aromatic rings. The molecule has 0 atom stereocenters. The average molecular weight is 461 g/mol. The van der Waals surface area contributed by atoms with Crippen LogP contribution in [0.1, 0.15) is 25.7 Å². The smallest absolute Gasteiger partial charge is 0.228 e. The van der Waals surface area contributed by atoms with Gasteiger partial charge in [-0.15, -0.1) is 0 Å². The largest absolute Gasteiger partial charge is 0.340 e. The van der Waals surface area contributed by atoms with Crippen LogP contribution in [0.15, 0.2) is 42.9 Å². The summed E-state index contributed by atoms with van der Waals surface area (Å²) < 4.78 is 1.78. The molecule has 2 amide bonds. The van der Waals surface area contributed by atoms with Crippen LogP contribution in [0.5, 0.6) is 0 Å². The van der Waals surface area contributed by atoms with Crippen LogP contribution in [-0.2, 0) is 16.6 Å². The predicted molar refractivity (Wildman–Crippen MR) is 132 cm³/mol. The first kappa shape index (κ1) is 22.5. The van der Waals surface area contributed by atoms with E-state index in [0.717, 1.165) is 73.8 Å². The van der Waals surface area contributed by atoms with Crippen molar-refractivity contribution in [3.8, 4) is 11.1 Å². The molecule has 0 spiro atoms. The third-order valence-corrected chi connectivity index (χ3v) is 7.27. The number of aryl methyl sites for hydroxylation is 1. The molecule has 3 heterocycles. The van der Waals surface area contributed by atoms with E-state index in [-0.39, 0.29) is 23.7 Å². The van der Waals surface area contributed by atoms with Gasteiger partial charge in [-0.1, -0.05) is 12.1 Å². The molecular weight excluding hydrogens is 428 g/mol. The highest BCUT2D eigenvalue weighted by Gasteiger charge is 2.33. The Balaban J connectivity index is 1.20. The summed E-state index contributed by atoms with van der Waals surface area (Å²) in [6.07, 6.45) is 8.67. The van der Waals surface area contributed by atoms with Crippen LogP contribution in [-0.4, -0.2) is 69.6 Å². The third-order valence-electron chi connectivity index (χ3n) is 7.27. The van der Waals surface area contributed by atoms with Crippen molar-refractivity contribution in [3.05, 3.63) is 42.9 Å². The quantitative estimate of drug-likeness (QED) is 0.647. The standard InChI is InChI=1S/C26H32N6O2/c1-30-9-11-32(12-10-30)26(34)19-5-3-18(4-6-19)25(33)29-24-14-22-13-20(7-8-21(22)15-27-24)23-16-28-31(2)17-23/h7-8,13-19H,3-6,9-12H2,1-2H3,(H,27,29,33). The minimum atomic E-state index is -0.0734. The molecule has 5 rings (SSSR count). The van der Waals surface area contributed by atoms with Gasteiger partial charge in [-0.05, 0) is 55.8 Å². The van der Waals surface area contributed by atoms with Crippen molar-refractivity contribution in [1.29, 1.82) is 0 Å². The second kappa shape index (κ2) is 9.54. The van der Waals surface area contributed by atoms with E-state index in [1.54, 1.807) is 10.9 Å². The Labute approximate surface area is 199 Å². The van der Waals surface area contributed by atoms with E-state index in [0.29, 0.717) is 5.82 Å². The van der Waals surface area contributed by atoms with Gasteiger partial charge in [-0.25, -0.2) is 4.98 Å². The third kappa shape index (κ3) is 4.82. The van der Waals surface area contributed by atoms with Crippen LogP contribution in [0, 0.1) is 11.8 Å². The number of rotatable bonds is 4. The summed E-state index contributed by atoms with van der Waals surface area (Å²) in [5, 5.41) is 9.30. The van der Waals surface area contributed by atoms with Crippen molar-refractivity contribution < 1.29 is 9.59 Å². The summed E-state index contributed by atoms with van der Waals surface area (Å²) >= 11 is 0. The molecule has 1 aromatic carbocycles. The number of nitrogens with one attached hydrogen (secondary N) is 1. The summed E-state index contributed by atoms with van der Waals surface area (Å²) in [5.41, 5.74) is 2.13. The number of hydrogen-bond donors (Lipinski definition) is 1. The zero-order chi connectivity index (χ0) is 23.7. The van der Waals surface area contributed by atoms with E-state index in [2.05, 4.69) is 39.5 Å². The first-order valence-corrected chi connectivity index (χ1v) is 12.1. The maximum absolute atomic E-state index is 12.9. The van der Waals surface area contributed by atoms with Crippen molar-refractivity contribution >= 4 is 28.4 Å². The molecule has 1 saturated heterocycles. The highest BCUT2D eigenvalue weighted by atomic mass is 16.2. The van der Waals surface area contributed by atoms with E-state index >= 15 is 0 Å². The van der Waals surface area contributed by atoms with E-state index in [9.17, 15) is 9.59 Å². The lowest BCUT2D eigenvalue weighted by atomic mass is 9.81. The van der Waals surface area contributed by atoms with Gasteiger partial charge in [-0.2, -0.15) is 5.10 Å². The number of carbonyl (C=O) groups excluding carboxylic acids is 2. The normalized spacial score (nSPS) is 21.5. The lowest BCUT2D eigenvalue weighted by Crippen LogP contribution is -2.49. The number of aromatic nitrogens is 3. The summed E-state index contributed by atoms with van der Waals surface area (Å²) in [6.45, 7) is 3.50. The van der Waals surface area contributed by atoms with Gasteiger partial charge in [0, 0.05) is 68.4 Å². The molecule has 34 heavy (non-hydrogen) atoms. The molecule has 2 aliphatic rings. The topological polar surface area (TPSA) is 83.4 Å². The molecule has 8 nitrogen and oxygen atoms in total. The van der Waals surface area contributed by atoms with Gasteiger partial charge in [0.2, 0.25) is 11.8 Å². The summed E-state index contributed by atoms with van der Waals surface area (Å²) in [5.74, 6) is 0.817. The van der Waals surface area contributed by atoms with Crippen LogP contribution in [0.4, 0.5) is 5.82 Å². The van der Waals surface area contributed by atoms with Crippen LogP contribution < -0.4 is 5.32 Å². The van der Waals surface area contributed by atoms with Crippen LogP contribution in [0.25, 0.3) is 21.9 Å². The number of benzene rings is 1. The van der Waals surface area contributed by atoms with Gasteiger partial charge in [0.15, 0.2) is 0 Å². The minimum absolute atomic E-state index is 0.000704. The number of hydrogen-bond acceptors (Lipinski definition) is 5. The molecule has 1 N–H and O–H groups in total. The fraction of sp³-hybridized carbons (Fsp3) is 0.462. The first-order chi connectivity index (χ1) is 16.5. The van der Waals surface area contributed by atoms with E-state index < -0.39 is 0 Å². The van der Waals surface area contributed by atoms with Gasteiger partial charge in [0.1, 0.15) is 5.82 Å². The van der Waals surface area contributed by atoms with Gasteiger partial charge < -0.3 is 15.1 Å². The highest BCUT2D eigenvalue weighted by Crippen LogP contribution is 2.31. The van der Waals surface area contributed by atoms with Gasteiger partial charge >= 0.3 is 0 Å². The Hall–Kier alpha value is -3.26. The van der Waals surface area contributed by atoms with Gasteiger partial charge in [0.05, 0.1) is 6.20 Å². The highest BCUT2D eigenvalue weighted by molar-refractivity contribution is 5.95. The van der Waals surface area contributed by atoms with Crippen LogP contribution >= 0.6 is 0 Å². The number of likely N-dealkylation sites (N-methyl/N-ethyl adjacent to an activating group) is 1. The fourth-order valence-corrected chi connectivity index (χ4v) is 5.08. The number of nitrogens with zero attached hydrogens (tertiary/aromatic N) is 5. The molecule has 0 unspecified atom stereocenters. The summed E-state index contributed by atoms with van der Waals surface area (Å²) in [4.78, 5) is 34.5. The van der Waals surface area contributed by atoms with Crippen molar-refractivity contribution in [2.24, 2.45) is 18.9 Å². The zero-order valence-electron chi connectivity index (χ0n) is 19.9. The maximum atomic E-state index is 12.9. The zero-order valence-corrected chi connectivity index (χ0v) is 19.9. The van der Waals surface area contributed by atoms with Crippen molar-refractivity contribution in [3.63, 3.8) is 0 Å². The molecule has 2 fully saturated rings. The fourth-order valence-electron chi connectivity index (χ4n) is 5.08. The molecule has 1 aliphatic carbocycles. The Bertz CT molecular complexity index is 1190. The number of piperazine rings is 1. The van der Waals surface area contributed by atoms with Crippen molar-refractivity contribution in [1.82, 2.24) is 24.6 Å². The van der Waals surface area contributed by atoms with Crippen LogP contribution in [0.2, 0.25) is 0 Å². The minimum Gasteiger partial charge on any atom is -0.340 e. The van der Waals surface area contributed by atoms with Crippen molar-refractivity contribution in [2.75, 3.05) is 38.5 Å². The SMILES string of the molecule is CN1CCN(C(=O)C2CCC(C(=O)Nc3cc4cc(-c5cnn(C)c5)ccc4cn3)CC2)CC1. The Morgan fingerprint density at radius 2 is 1.62 bits per heavy atom. The molecule has 1 aliphatic heterocycles. The second-order valence-electron chi connectivity index (χ2n) is 9.70. The number of fused-ring (bicyclic) bond motifs is 1. The molecule has 0 radical (unpaired) electrons.